The van der Waals surface area contributed by atoms with Crippen LogP contribution < -0.4 is 9.64 Å². The number of hydrogen-bond donors (Lipinski definition) is 1. The Morgan fingerprint density at radius 3 is 2.56 bits per heavy atom. The molecule has 2 aliphatic heterocycles. The van der Waals surface area contributed by atoms with Crippen molar-refractivity contribution in [1.29, 1.82) is 5.26 Å². The fraction of sp³-hybridized carbons (Fsp3) is 0.500. The van der Waals surface area contributed by atoms with Crippen LogP contribution in [0.15, 0.2) is 35.4 Å². The quantitative estimate of drug-likeness (QED) is 0.639. The Hall–Kier alpha value is -2.38. The van der Waals surface area contributed by atoms with E-state index in [2.05, 4.69) is 20.9 Å². The summed E-state index contributed by atoms with van der Waals surface area (Å²) in [6.45, 7) is 4.00. The highest BCUT2D eigenvalue weighted by atomic mass is 35.5. The maximum Gasteiger partial charge on any atom is 0.177 e. The van der Waals surface area contributed by atoms with Crippen molar-refractivity contribution in [1.82, 2.24) is 9.88 Å². The lowest BCUT2D eigenvalue weighted by Crippen LogP contribution is -2.43. The van der Waals surface area contributed by atoms with Crippen molar-refractivity contribution in [3.05, 3.63) is 46.6 Å². The van der Waals surface area contributed by atoms with Crippen LogP contribution in [0.3, 0.4) is 0 Å². The number of β-amino-alcohol motifs (C(OH)–C–C–N with tert-alkyl or cyclic N) is 1. The molecule has 1 aromatic carbocycles. The highest BCUT2D eigenvalue weighted by molar-refractivity contribution is 7.90. The van der Waals surface area contributed by atoms with Crippen molar-refractivity contribution in [2.45, 2.75) is 30.3 Å². The monoisotopic (exact) mass is 504 g/mol. The SMILES string of the molecule is COc1cc(C(O)CN2CCC3(CC2)CCN(c2ccc(S(C)(=O)=O)cn2)C3)c(Cl)cc1C#N. The molecule has 3 heterocycles. The topological polar surface area (TPSA) is 107 Å². The molecule has 0 aliphatic carbocycles. The number of benzene rings is 1. The third-order valence-electron chi connectivity index (χ3n) is 7.06. The second-order valence-electron chi connectivity index (χ2n) is 9.30. The lowest BCUT2D eigenvalue weighted by molar-refractivity contribution is 0.0651. The molecule has 0 radical (unpaired) electrons. The maximum absolute atomic E-state index is 11.7. The van der Waals surface area contributed by atoms with Gasteiger partial charge in [0.05, 0.1) is 23.7 Å². The van der Waals surface area contributed by atoms with Crippen LogP contribution in [0.4, 0.5) is 5.82 Å². The van der Waals surface area contributed by atoms with E-state index in [1.807, 2.05) is 0 Å². The van der Waals surface area contributed by atoms with Crippen LogP contribution in [0.5, 0.6) is 5.75 Å². The average Bonchev–Trinajstić information content (AvgIpc) is 3.23. The van der Waals surface area contributed by atoms with Crippen LogP contribution >= 0.6 is 11.6 Å². The molecular weight excluding hydrogens is 476 g/mol. The smallest absolute Gasteiger partial charge is 0.177 e. The minimum Gasteiger partial charge on any atom is -0.495 e. The third kappa shape index (κ3) is 5.15. The average molecular weight is 505 g/mol. The minimum atomic E-state index is -3.25. The molecule has 182 valence electrons. The molecule has 1 atom stereocenters. The summed E-state index contributed by atoms with van der Waals surface area (Å²) in [5.41, 5.74) is 1.11. The Bertz CT molecular complexity index is 1190. The van der Waals surface area contributed by atoms with Gasteiger partial charge in [-0.3, -0.25) is 0 Å². The van der Waals surface area contributed by atoms with Gasteiger partial charge in [0.2, 0.25) is 0 Å². The number of methoxy groups -OCH3 is 1. The van der Waals surface area contributed by atoms with Crippen LogP contribution in [-0.4, -0.2) is 69.5 Å². The molecule has 8 nitrogen and oxygen atoms in total. The molecule has 2 saturated heterocycles. The van der Waals surface area contributed by atoms with Crippen LogP contribution in [0.1, 0.15) is 36.5 Å². The summed E-state index contributed by atoms with van der Waals surface area (Å²) in [5, 5.41) is 20.4. The standard InChI is InChI=1S/C24H29ClN4O4S/c1-33-22-12-19(20(25)11-17(22)13-26)21(30)15-28-8-5-24(6-9-28)7-10-29(16-24)23-4-3-18(14-27-23)34(2,31)32/h3-4,11-12,14,21,30H,5-10,15-16H2,1-2H3. The fourth-order valence-corrected chi connectivity index (χ4v) is 5.80. The van der Waals surface area contributed by atoms with Gasteiger partial charge in [0, 0.05) is 42.7 Å². The number of sulfone groups is 1. The van der Waals surface area contributed by atoms with Gasteiger partial charge in [-0.25, -0.2) is 13.4 Å². The van der Waals surface area contributed by atoms with Gasteiger partial charge in [0.15, 0.2) is 9.84 Å². The molecule has 1 aromatic heterocycles. The van der Waals surface area contributed by atoms with Crippen molar-refractivity contribution < 1.29 is 18.3 Å². The van der Waals surface area contributed by atoms with E-state index in [1.165, 1.54) is 25.6 Å². The molecule has 2 fully saturated rings. The first-order valence-electron chi connectivity index (χ1n) is 11.2. The number of anilines is 1. The molecule has 4 rings (SSSR count). The summed E-state index contributed by atoms with van der Waals surface area (Å²) < 4.78 is 28.6. The molecule has 2 aromatic rings. The van der Waals surface area contributed by atoms with Crippen LogP contribution in [0.25, 0.3) is 0 Å². The van der Waals surface area contributed by atoms with Gasteiger partial charge in [-0.15, -0.1) is 0 Å². The number of piperidine rings is 1. The largest absolute Gasteiger partial charge is 0.495 e. The number of aromatic nitrogens is 1. The van der Waals surface area contributed by atoms with E-state index >= 15 is 0 Å². The predicted octanol–water partition coefficient (Wildman–Crippen LogP) is 3.04. The molecule has 1 unspecified atom stereocenters. The van der Waals surface area contributed by atoms with Gasteiger partial charge in [0.25, 0.3) is 0 Å². The summed E-state index contributed by atoms with van der Waals surface area (Å²) in [5.74, 6) is 1.22. The number of nitrogens with zero attached hydrogens (tertiary/aromatic N) is 4. The summed E-state index contributed by atoms with van der Waals surface area (Å²) >= 11 is 6.33. The van der Waals surface area contributed by atoms with Gasteiger partial charge in [-0.2, -0.15) is 5.26 Å². The Kier molecular flexibility index (Phi) is 7.06. The van der Waals surface area contributed by atoms with Gasteiger partial charge < -0.3 is 19.6 Å². The van der Waals surface area contributed by atoms with E-state index in [1.54, 1.807) is 18.2 Å². The van der Waals surface area contributed by atoms with Gasteiger partial charge >= 0.3 is 0 Å². The number of likely N-dealkylation sites (tertiary alicyclic amines) is 1. The second kappa shape index (κ2) is 9.70. The van der Waals surface area contributed by atoms with Gasteiger partial charge in [0.1, 0.15) is 17.6 Å². The molecular formula is C24H29ClN4O4S. The molecule has 0 bridgehead atoms. The van der Waals surface area contributed by atoms with Crippen LogP contribution in [-0.2, 0) is 9.84 Å². The number of rotatable bonds is 6. The number of hydrogen-bond acceptors (Lipinski definition) is 8. The number of halogens is 1. The second-order valence-corrected chi connectivity index (χ2v) is 11.7. The minimum absolute atomic E-state index is 0.202. The lowest BCUT2D eigenvalue weighted by Gasteiger charge is -2.40. The summed E-state index contributed by atoms with van der Waals surface area (Å²) in [6.07, 6.45) is 4.94. The number of aliphatic hydroxyl groups is 1. The summed E-state index contributed by atoms with van der Waals surface area (Å²) in [7, 11) is -1.76. The number of aliphatic hydroxyl groups excluding tert-OH is 1. The maximum atomic E-state index is 11.7. The molecule has 0 amide bonds. The number of pyridine rings is 1. The van der Waals surface area contributed by atoms with E-state index in [0.717, 1.165) is 51.3 Å². The van der Waals surface area contributed by atoms with Crippen molar-refractivity contribution in [2.75, 3.05) is 51.0 Å². The van der Waals surface area contributed by atoms with Crippen LogP contribution in [0.2, 0.25) is 5.02 Å². The molecule has 1 N–H and O–H groups in total. The molecule has 0 saturated carbocycles. The summed E-state index contributed by atoms with van der Waals surface area (Å²) in [4.78, 5) is 9.11. The van der Waals surface area contributed by atoms with Crippen molar-refractivity contribution in [3.63, 3.8) is 0 Å². The Morgan fingerprint density at radius 1 is 1.26 bits per heavy atom. The molecule has 34 heavy (non-hydrogen) atoms. The zero-order valence-electron chi connectivity index (χ0n) is 19.4. The van der Waals surface area contributed by atoms with Crippen molar-refractivity contribution in [3.8, 4) is 11.8 Å². The number of nitriles is 1. The molecule has 2 aliphatic rings. The van der Waals surface area contributed by atoms with E-state index in [-0.39, 0.29) is 10.3 Å². The zero-order valence-corrected chi connectivity index (χ0v) is 20.9. The molecule has 10 heteroatoms. The lowest BCUT2D eigenvalue weighted by atomic mass is 9.77. The Balaban J connectivity index is 1.35. The highest BCUT2D eigenvalue weighted by Gasteiger charge is 2.41. The zero-order chi connectivity index (χ0) is 24.5. The first-order valence-corrected chi connectivity index (χ1v) is 13.5. The van der Waals surface area contributed by atoms with Crippen molar-refractivity contribution in [2.24, 2.45) is 5.41 Å². The van der Waals surface area contributed by atoms with Gasteiger partial charge in [-0.05, 0) is 62.0 Å². The van der Waals surface area contributed by atoms with E-state index in [9.17, 15) is 18.8 Å². The van der Waals surface area contributed by atoms with E-state index in [4.69, 9.17) is 16.3 Å². The Morgan fingerprint density at radius 2 is 1.97 bits per heavy atom. The number of ether oxygens (including phenoxy) is 1. The Labute approximate surface area is 205 Å². The van der Waals surface area contributed by atoms with Gasteiger partial charge in [-0.1, -0.05) is 11.6 Å². The third-order valence-corrected chi connectivity index (χ3v) is 8.48. The molecule has 1 spiro atoms. The highest BCUT2D eigenvalue weighted by Crippen LogP contribution is 2.42. The normalized spacial score (nSPS) is 19.2. The van der Waals surface area contributed by atoms with E-state index in [0.29, 0.717) is 28.4 Å². The first-order chi connectivity index (χ1) is 16.1. The fourth-order valence-electron chi connectivity index (χ4n) is 4.95. The van der Waals surface area contributed by atoms with Crippen LogP contribution in [0, 0.1) is 16.7 Å². The summed E-state index contributed by atoms with van der Waals surface area (Å²) in [6, 6.07) is 8.64. The predicted molar refractivity (Wildman–Crippen MR) is 130 cm³/mol. The van der Waals surface area contributed by atoms with E-state index < -0.39 is 15.9 Å². The van der Waals surface area contributed by atoms with Crippen molar-refractivity contribution >= 4 is 27.3 Å². The first kappa shape index (κ1) is 24.7.